The first-order chi connectivity index (χ1) is 10.7. The van der Waals surface area contributed by atoms with Gasteiger partial charge in [-0.15, -0.1) is 0 Å². The summed E-state index contributed by atoms with van der Waals surface area (Å²) < 4.78 is 11.8. The monoisotopic (exact) mass is 298 g/mol. The molecular formula is C19H22O3. The summed E-state index contributed by atoms with van der Waals surface area (Å²) in [4.78, 5) is 0. The van der Waals surface area contributed by atoms with Crippen molar-refractivity contribution >= 4 is 0 Å². The van der Waals surface area contributed by atoms with Crippen molar-refractivity contribution in [2.45, 2.75) is 44.8 Å². The molecule has 3 rings (SSSR count). The van der Waals surface area contributed by atoms with E-state index in [0.29, 0.717) is 0 Å². The van der Waals surface area contributed by atoms with Crippen molar-refractivity contribution in [2.75, 3.05) is 0 Å². The Morgan fingerprint density at radius 3 is 2.32 bits per heavy atom. The quantitative estimate of drug-likeness (QED) is 0.905. The standard InChI is InChI=1S/C19H22O3/c1-14-6-2-4-8-18(14)21-15-10-12-16(13-11-15)22-19-9-5-3-7-17(19)20/h2,4,6,8,10-13,17,19-20H,3,5,7,9H2,1H3. The molecule has 0 radical (unpaired) electrons. The first-order valence-electron chi connectivity index (χ1n) is 7.90. The fraction of sp³-hybridized carbons (Fsp3) is 0.368. The van der Waals surface area contributed by atoms with Gasteiger partial charge in [-0.25, -0.2) is 0 Å². The Labute approximate surface area is 131 Å². The topological polar surface area (TPSA) is 38.7 Å². The van der Waals surface area contributed by atoms with Crippen LogP contribution in [0.5, 0.6) is 17.2 Å². The van der Waals surface area contributed by atoms with Gasteiger partial charge in [0.05, 0.1) is 6.10 Å². The second-order valence-electron chi connectivity index (χ2n) is 5.85. The van der Waals surface area contributed by atoms with E-state index in [2.05, 4.69) is 0 Å². The Balaban J connectivity index is 1.64. The van der Waals surface area contributed by atoms with Crippen LogP contribution in [0, 0.1) is 6.92 Å². The molecule has 0 amide bonds. The maximum Gasteiger partial charge on any atom is 0.130 e. The van der Waals surface area contributed by atoms with Gasteiger partial charge in [0.2, 0.25) is 0 Å². The van der Waals surface area contributed by atoms with E-state index in [-0.39, 0.29) is 12.2 Å². The molecule has 2 aromatic rings. The van der Waals surface area contributed by atoms with Crippen molar-refractivity contribution in [1.82, 2.24) is 0 Å². The summed E-state index contributed by atoms with van der Waals surface area (Å²) in [6.07, 6.45) is 3.52. The molecule has 1 N–H and O–H groups in total. The van der Waals surface area contributed by atoms with Crippen molar-refractivity contribution in [3.63, 3.8) is 0 Å². The van der Waals surface area contributed by atoms with Crippen LogP contribution in [0.1, 0.15) is 31.2 Å². The number of hydrogen-bond donors (Lipinski definition) is 1. The highest BCUT2D eigenvalue weighted by molar-refractivity contribution is 5.38. The summed E-state index contributed by atoms with van der Waals surface area (Å²) in [6.45, 7) is 2.03. The highest BCUT2D eigenvalue weighted by Crippen LogP contribution is 2.28. The van der Waals surface area contributed by atoms with E-state index in [4.69, 9.17) is 9.47 Å². The Morgan fingerprint density at radius 2 is 1.59 bits per heavy atom. The van der Waals surface area contributed by atoms with Gasteiger partial charge >= 0.3 is 0 Å². The molecule has 1 aliphatic carbocycles. The van der Waals surface area contributed by atoms with Gasteiger partial charge in [0, 0.05) is 0 Å². The molecule has 0 spiro atoms. The van der Waals surface area contributed by atoms with Gasteiger partial charge in [0.25, 0.3) is 0 Å². The smallest absolute Gasteiger partial charge is 0.130 e. The lowest BCUT2D eigenvalue weighted by molar-refractivity contribution is 0.00686. The summed E-state index contributed by atoms with van der Waals surface area (Å²) in [6, 6.07) is 15.5. The van der Waals surface area contributed by atoms with Crippen LogP contribution in [-0.4, -0.2) is 17.3 Å². The van der Waals surface area contributed by atoms with Crippen LogP contribution in [0.15, 0.2) is 48.5 Å². The number of hydrogen-bond acceptors (Lipinski definition) is 3. The Hall–Kier alpha value is -2.00. The minimum Gasteiger partial charge on any atom is -0.488 e. The molecule has 0 aromatic heterocycles. The average molecular weight is 298 g/mol. The van der Waals surface area contributed by atoms with Gasteiger partial charge in [-0.05, 0) is 62.1 Å². The SMILES string of the molecule is Cc1ccccc1Oc1ccc(OC2CCCCC2O)cc1. The lowest BCUT2D eigenvalue weighted by Crippen LogP contribution is -2.34. The van der Waals surface area contributed by atoms with Crippen LogP contribution in [0.25, 0.3) is 0 Å². The molecule has 2 unspecified atom stereocenters. The van der Waals surface area contributed by atoms with Crippen molar-refractivity contribution in [3.8, 4) is 17.2 Å². The van der Waals surface area contributed by atoms with Gasteiger partial charge < -0.3 is 14.6 Å². The molecule has 1 fully saturated rings. The van der Waals surface area contributed by atoms with Crippen molar-refractivity contribution < 1.29 is 14.6 Å². The van der Waals surface area contributed by atoms with E-state index in [1.165, 1.54) is 0 Å². The fourth-order valence-electron chi connectivity index (χ4n) is 2.77. The zero-order chi connectivity index (χ0) is 15.4. The van der Waals surface area contributed by atoms with Gasteiger partial charge in [0.15, 0.2) is 0 Å². The number of aliphatic hydroxyl groups excluding tert-OH is 1. The van der Waals surface area contributed by atoms with Crippen LogP contribution in [0.4, 0.5) is 0 Å². The maximum atomic E-state index is 9.96. The molecule has 2 aromatic carbocycles. The Morgan fingerprint density at radius 1 is 0.909 bits per heavy atom. The Kier molecular flexibility index (Phi) is 4.64. The summed E-state index contributed by atoms with van der Waals surface area (Å²) in [5.41, 5.74) is 1.10. The van der Waals surface area contributed by atoms with E-state index in [9.17, 15) is 5.11 Å². The van der Waals surface area contributed by atoms with Crippen LogP contribution in [0.3, 0.4) is 0 Å². The van der Waals surface area contributed by atoms with Gasteiger partial charge in [-0.2, -0.15) is 0 Å². The van der Waals surface area contributed by atoms with E-state index >= 15 is 0 Å². The molecule has 3 heteroatoms. The normalized spacial score (nSPS) is 21.4. The molecule has 2 atom stereocenters. The molecule has 3 nitrogen and oxygen atoms in total. The number of benzene rings is 2. The van der Waals surface area contributed by atoms with E-state index < -0.39 is 0 Å². The Bertz CT molecular complexity index is 606. The molecule has 1 saturated carbocycles. The average Bonchev–Trinajstić information content (AvgIpc) is 2.54. The number of rotatable bonds is 4. The van der Waals surface area contributed by atoms with Crippen molar-refractivity contribution in [1.29, 1.82) is 0 Å². The predicted octanol–water partition coefficient (Wildman–Crippen LogP) is 4.47. The fourth-order valence-corrected chi connectivity index (χ4v) is 2.77. The van der Waals surface area contributed by atoms with E-state index in [0.717, 1.165) is 48.5 Å². The molecule has 0 aliphatic heterocycles. The summed E-state index contributed by atoms with van der Waals surface area (Å²) >= 11 is 0. The van der Waals surface area contributed by atoms with Crippen molar-refractivity contribution in [3.05, 3.63) is 54.1 Å². The minimum absolute atomic E-state index is 0.0862. The maximum absolute atomic E-state index is 9.96. The highest BCUT2D eigenvalue weighted by atomic mass is 16.5. The summed E-state index contributed by atoms with van der Waals surface area (Å²) in [5.74, 6) is 2.42. The zero-order valence-electron chi connectivity index (χ0n) is 12.9. The third-order valence-electron chi connectivity index (χ3n) is 4.10. The van der Waals surface area contributed by atoms with Crippen molar-refractivity contribution in [2.24, 2.45) is 0 Å². The zero-order valence-corrected chi connectivity index (χ0v) is 12.9. The number of para-hydroxylation sites is 1. The number of aliphatic hydroxyl groups is 1. The summed E-state index contributed by atoms with van der Waals surface area (Å²) in [7, 11) is 0. The first kappa shape index (κ1) is 14.9. The van der Waals surface area contributed by atoms with Crippen LogP contribution in [0.2, 0.25) is 0 Å². The largest absolute Gasteiger partial charge is 0.488 e. The first-order valence-corrected chi connectivity index (χ1v) is 7.90. The third kappa shape index (κ3) is 3.60. The van der Waals surface area contributed by atoms with E-state index in [1.54, 1.807) is 0 Å². The number of ether oxygens (including phenoxy) is 2. The lowest BCUT2D eigenvalue weighted by atomic mass is 9.95. The summed E-state index contributed by atoms with van der Waals surface area (Å²) in [5, 5.41) is 9.96. The molecular weight excluding hydrogens is 276 g/mol. The third-order valence-corrected chi connectivity index (χ3v) is 4.10. The highest BCUT2D eigenvalue weighted by Gasteiger charge is 2.24. The van der Waals surface area contributed by atoms with Gasteiger partial charge in [-0.3, -0.25) is 0 Å². The molecule has 0 heterocycles. The van der Waals surface area contributed by atoms with Gasteiger partial charge in [-0.1, -0.05) is 24.6 Å². The predicted molar refractivity (Wildman–Crippen MR) is 86.6 cm³/mol. The molecule has 116 valence electrons. The lowest BCUT2D eigenvalue weighted by Gasteiger charge is -2.28. The van der Waals surface area contributed by atoms with E-state index in [1.807, 2.05) is 55.5 Å². The number of aryl methyl sites for hydroxylation is 1. The van der Waals surface area contributed by atoms with Crippen LogP contribution < -0.4 is 9.47 Å². The molecule has 0 bridgehead atoms. The molecule has 0 saturated heterocycles. The second-order valence-corrected chi connectivity index (χ2v) is 5.85. The minimum atomic E-state index is -0.350. The van der Waals surface area contributed by atoms with Crippen LogP contribution >= 0.6 is 0 Å². The van der Waals surface area contributed by atoms with Crippen LogP contribution in [-0.2, 0) is 0 Å². The second kappa shape index (κ2) is 6.84. The molecule has 22 heavy (non-hydrogen) atoms. The van der Waals surface area contributed by atoms with Gasteiger partial charge in [0.1, 0.15) is 23.4 Å². The molecule has 1 aliphatic rings.